The van der Waals surface area contributed by atoms with E-state index in [2.05, 4.69) is 94.9 Å². The lowest BCUT2D eigenvalue weighted by atomic mass is 10.1. The number of rotatable bonds is 8. The number of aromatic nitrogens is 4. The Morgan fingerprint density at radius 1 is 1.00 bits per heavy atom. The highest BCUT2D eigenvalue weighted by Crippen LogP contribution is 2.15. The first-order valence-electron chi connectivity index (χ1n) is 10.3. The van der Waals surface area contributed by atoms with E-state index in [-0.39, 0.29) is 0 Å². The van der Waals surface area contributed by atoms with Crippen molar-refractivity contribution in [1.29, 1.82) is 0 Å². The lowest BCUT2D eigenvalue weighted by Crippen LogP contribution is -2.49. The van der Waals surface area contributed by atoms with Gasteiger partial charge in [-0.3, -0.25) is 0 Å². The molecule has 6 nitrogen and oxygen atoms in total. The van der Waals surface area contributed by atoms with Crippen LogP contribution in [0.3, 0.4) is 0 Å². The van der Waals surface area contributed by atoms with Crippen LogP contribution in [0.5, 0.6) is 0 Å². The molecular formula is C23H31N6+. The molecule has 29 heavy (non-hydrogen) atoms. The first kappa shape index (κ1) is 19.6. The number of nitrogens with zero attached hydrogens (tertiary/aromatic N) is 6. The zero-order valence-corrected chi connectivity index (χ0v) is 17.9. The number of fused-ring (bicyclic) bond motifs is 2. The van der Waals surface area contributed by atoms with E-state index < -0.39 is 0 Å². The Hall–Kier alpha value is -2.70. The molecule has 4 aromatic rings. The summed E-state index contributed by atoms with van der Waals surface area (Å²) in [6.07, 6.45) is 10.5. The number of likely N-dealkylation sites (N-methyl/N-ethyl adjacent to an activating group) is 2. The van der Waals surface area contributed by atoms with Crippen LogP contribution in [0.4, 0.5) is 0 Å². The average Bonchev–Trinajstić information content (AvgIpc) is 3.28. The van der Waals surface area contributed by atoms with Crippen LogP contribution < -0.4 is 4.68 Å². The van der Waals surface area contributed by atoms with Crippen LogP contribution >= 0.6 is 0 Å². The third kappa shape index (κ3) is 4.18. The van der Waals surface area contributed by atoms with Crippen molar-refractivity contribution in [1.82, 2.24) is 23.9 Å². The van der Waals surface area contributed by atoms with Gasteiger partial charge in [-0.1, -0.05) is 16.8 Å². The molecule has 0 N–H and O–H groups in total. The molecule has 0 spiro atoms. The van der Waals surface area contributed by atoms with Crippen molar-refractivity contribution in [3.05, 3.63) is 72.3 Å². The molecule has 152 valence electrons. The molecule has 0 aromatic carbocycles. The van der Waals surface area contributed by atoms with Gasteiger partial charge in [-0.05, 0) is 70.7 Å². The first-order chi connectivity index (χ1) is 14.0. The van der Waals surface area contributed by atoms with Gasteiger partial charge >= 0.3 is 0 Å². The summed E-state index contributed by atoms with van der Waals surface area (Å²) in [5.74, 6) is 0. The fourth-order valence-corrected chi connectivity index (χ4v) is 3.85. The van der Waals surface area contributed by atoms with Crippen molar-refractivity contribution in [2.75, 3.05) is 27.7 Å². The van der Waals surface area contributed by atoms with E-state index in [0.717, 1.165) is 26.1 Å². The molecule has 0 saturated carbocycles. The first-order valence-corrected chi connectivity index (χ1v) is 10.3. The molecule has 1 atom stereocenters. The van der Waals surface area contributed by atoms with Crippen molar-refractivity contribution >= 4 is 11.0 Å². The second kappa shape index (κ2) is 8.35. The smallest absolute Gasteiger partial charge is 0.228 e. The molecule has 4 rings (SSSR count). The Morgan fingerprint density at radius 2 is 1.76 bits per heavy atom. The second-order valence-electron chi connectivity index (χ2n) is 8.23. The zero-order chi connectivity index (χ0) is 20.4. The minimum atomic E-state index is 0.398. The average molecular weight is 392 g/mol. The summed E-state index contributed by atoms with van der Waals surface area (Å²) in [5.41, 5.74) is 5.17. The molecule has 0 radical (unpaired) electrons. The van der Waals surface area contributed by atoms with Gasteiger partial charge in [-0.15, -0.1) is 4.52 Å². The van der Waals surface area contributed by atoms with Gasteiger partial charge in [0.1, 0.15) is 5.52 Å². The SMILES string of the molecule is CC(Cc1cnn2ccccc12)N(C)C[n+]1cc(CCN(C)C)c2ccccn21. The maximum Gasteiger partial charge on any atom is 0.228 e. The number of hydrogen-bond acceptors (Lipinski definition) is 3. The normalized spacial score (nSPS) is 13.2. The van der Waals surface area contributed by atoms with Crippen LogP contribution in [0.2, 0.25) is 0 Å². The van der Waals surface area contributed by atoms with Crippen LogP contribution in [-0.2, 0) is 19.5 Å². The topological polar surface area (TPSA) is 32.1 Å². The van der Waals surface area contributed by atoms with Gasteiger partial charge in [-0.2, -0.15) is 5.10 Å². The van der Waals surface area contributed by atoms with E-state index in [4.69, 9.17) is 0 Å². The molecule has 0 bridgehead atoms. The summed E-state index contributed by atoms with van der Waals surface area (Å²) in [7, 11) is 6.45. The summed E-state index contributed by atoms with van der Waals surface area (Å²) in [6.45, 7) is 4.18. The Morgan fingerprint density at radius 3 is 2.55 bits per heavy atom. The summed E-state index contributed by atoms with van der Waals surface area (Å²) in [4.78, 5) is 4.64. The highest BCUT2D eigenvalue weighted by atomic mass is 15.4. The van der Waals surface area contributed by atoms with E-state index in [1.54, 1.807) is 0 Å². The van der Waals surface area contributed by atoms with Gasteiger partial charge in [0.05, 0.1) is 17.9 Å². The summed E-state index contributed by atoms with van der Waals surface area (Å²) >= 11 is 0. The minimum Gasteiger partial charge on any atom is -0.309 e. The molecule has 0 fully saturated rings. The van der Waals surface area contributed by atoms with Crippen LogP contribution in [-0.4, -0.2) is 57.7 Å². The Kier molecular flexibility index (Phi) is 5.65. The fraction of sp³-hybridized carbons (Fsp3) is 0.391. The monoisotopic (exact) mass is 391 g/mol. The van der Waals surface area contributed by atoms with Crippen molar-refractivity contribution < 1.29 is 4.68 Å². The lowest BCUT2D eigenvalue weighted by molar-refractivity contribution is -0.776. The molecule has 0 aliphatic heterocycles. The van der Waals surface area contributed by atoms with Gasteiger partial charge in [-0.25, -0.2) is 9.42 Å². The third-order valence-corrected chi connectivity index (χ3v) is 5.72. The van der Waals surface area contributed by atoms with Crippen LogP contribution in [0.25, 0.3) is 11.0 Å². The van der Waals surface area contributed by atoms with E-state index in [1.807, 2.05) is 23.0 Å². The van der Waals surface area contributed by atoms with Crippen molar-refractivity contribution in [3.63, 3.8) is 0 Å². The van der Waals surface area contributed by atoms with Gasteiger partial charge in [0.25, 0.3) is 0 Å². The zero-order valence-electron chi connectivity index (χ0n) is 17.9. The lowest BCUT2D eigenvalue weighted by Gasteiger charge is -2.20. The third-order valence-electron chi connectivity index (χ3n) is 5.72. The largest absolute Gasteiger partial charge is 0.309 e. The molecular weight excluding hydrogens is 360 g/mol. The maximum atomic E-state index is 4.48. The van der Waals surface area contributed by atoms with E-state index in [9.17, 15) is 0 Å². The van der Waals surface area contributed by atoms with E-state index in [1.165, 1.54) is 22.2 Å². The summed E-state index contributed by atoms with van der Waals surface area (Å²) < 4.78 is 6.53. The summed E-state index contributed by atoms with van der Waals surface area (Å²) in [6, 6.07) is 13.1. The molecule has 0 saturated heterocycles. The fourth-order valence-electron chi connectivity index (χ4n) is 3.85. The highest BCUT2D eigenvalue weighted by molar-refractivity contribution is 5.53. The van der Waals surface area contributed by atoms with Crippen LogP contribution in [0.15, 0.2) is 61.2 Å². The molecule has 0 amide bonds. The minimum absolute atomic E-state index is 0.398. The predicted molar refractivity (Wildman–Crippen MR) is 116 cm³/mol. The van der Waals surface area contributed by atoms with E-state index >= 15 is 0 Å². The maximum absolute atomic E-state index is 4.48. The number of pyridine rings is 2. The highest BCUT2D eigenvalue weighted by Gasteiger charge is 2.20. The van der Waals surface area contributed by atoms with Crippen molar-refractivity contribution in [3.8, 4) is 0 Å². The van der Waals surface area contributed by atoms with Crippen LogP contribution in [0, 0.1) is 0 Å². The molecule has 6 heteroatoms. The van der Waals surface area contributed by atoms with Gasteiger partial charge < -0.3 is 4.90 Å². The van der Waals surface area contributed by atoms with Crippen molar-refractivity contribution in [2.45, 2.75) is 32.5 Å². The predicted octanol–water partition coefficient (Wildman–Crippen LogP) is 2.50. The molecule has 4 aromatic heterocycles. The molecule has 4 heterocycles. The standard InChI is InChI=1S/C23H31N6/c1-19(15-21-16-24-28-12-7-5-9-22(21)28)26(4)18-27-17-20(11-14-25(2)3)23-10-6-8-13-29(23)27/h5-10,12-13,16-17,19H,11,14-15,18H2,1-4H3/q+1. The second-order valence-corrected chi connectivity index (χ2v) is 8.23. The van der Waals surface area contributed by atoms with Gasteiger partial charge in [0.15, 0.2) is 0 Å². The van der Waals surface area contributed by atoms with Gasteiger partial charge in [0, 0.05) is 24.3 Å². The summed E-state index contributed by atoms with van der Waals surface area (Å²) in [5, 5.41) is 4.48. The Labute approximate surface area is 172 Å². The molecule has 0 aliphatic carbocycles. The molecule has 1 unspecified atom stereocenters. The van der Waals surface area contributed by atoms with E-state index in [0.29, 0.717) is 6.04 Å². The van der Waals surface area contributed by atoms with Gasteiger partial charge in [0.2, 0.25) is 12.9 Å². The Bertz CT molecular complexity index is 1090. The quantitative estimate of drug-likeness (QED) is 0.433. The van der Waals surface area contributed by atoms with Crippen LogP contribution in [0.1, 0.15) is 18.1 Å². The molecule has 0 aliphatic rings. The van der Waals surface area contributed by atoms with Crippen molar-refractivity contribution in [2.24, 2.45) is 0 Å². The Balaban J connectivity index is 1.51. The number of hydrogen-bond donors (Lipinski definition) is 0.